The minimum atomic E-state index is -1.08. The number of H-pyrrole nitrogens is 1. The van der Waals surface area contributed by atoms with Gasteiger partial charge >= 0.3 is 0 Å². The molecule has 4 aromatic rings. The molecule has 0 amide bonds. The van der Waals surface area contributed by atoms with Crippen molar-refractivity contribution in [1.29, 1.82) is 0 Å². The molecular formula is C20H20N2O2. The zero-order valence-electron chi connectivity index (χ0n) is 14.3. The lowest BCUT2D eigenvalue weighted by Gasteiger charge is -2.07. The highest BCUT2D eigenvalue weighted by Crippen LogP contribution is 2.35. The van der Waals surface area contributed by atoms with Gasteiger partial charge in [-0.05, 0) is 43.4 Å². The third kappa shape index (κ3) is 2.60. The van der Waals surface area contributed by atoms with Crippen molar-refractivity contribution >= 4 is 38.5 Å². The second kappa shape index (κ2) is 5.96. The lowest BCUT2D eigenvalue weighted by atomic mass is 9.97. The number of aliphatic carboxylic acids is 1. The highest BCUT2D eigenvalue weighted by molar-refractivity contribution is 6.16. The highest BCUT2D eigenvalue weighted by Gasteiger charge is 2.15. The van der Waals surface area contributed by atoms with E-state index in [1.807, 2.05) is 0 Å². The molecule has 0 spiro atoms. The average molecular weight is 320 g/mol. The SMILES string of the molecule is CC(=O)[O-].Cc1c2cc[n+](C)cc2c(C)c2c1[nH]c1ccccc12. The first-order chi connectivity index (χ1) is 11.4. The van der Waals surface area contributed by atoms with E-state index in [0.29, 0.717) is 0 Å². The molecule has 4 nitrogen and oxygen atoms in total. The molecule has 0 fully saturated rings. The Kier molecular flexibility index (Phi) is 3.97. The molecule has 1 N–H and O–H groups in total. The van der Waals surface area contributed by atoms with E-state index >= 15 is 0 Å². The minimum Gasteiger partial charge on any atom is -0.550 e. The third-order valence-electron chi connectivity index (χ3n) is 4.36. The molecule has 122 valence electrons. The number of para-hydroxylation sites is 1. The van der Waals surface area contributed by atoms with Crippen molar-refractivity contribution in [3.8, 4) is 0 Å². The number of hydrogen-bond acceptors (Lipinski definition) is 2. The first-order valence-corrected chi connectivity index (χ1v) is 7.86. The molecular weight excluding hydrogens is 300 g/mol. The van der Waals surface area contributed by atoms with Crippen LogP contribution in [0.3, 0.4) is 0 Å². The topological polar surface area (TPSA) is 59.8 Å². The number of carboxylic acids is 1. The number of hydrogen-bond donors (Lipinski definition) is 1. The molecule has 0 aliphatic carbocycles. The first kappa shape index (κ1) is 16.0. The van der Waals surface area contributed by atoms with Crippen LogP contribution in [0, 0.1) is 13.8 Å². The zero-order chi connectivity index (χ0) is 17.4. The van der Waals surface area contributed by atoms with Crippen molar-refractivity contribution in [2.45, 2.75) is 20.8 Å². The summed E-state index contributed by atoms with van der Waals surface area (Å²) in [5.74, 6) is -1.08. The summed E-state index contributed by atoms with van der Waals surface area (Å²) in [5.41, 5.74) is 5.17. The van der Waals surface area contributed by atoms with Gasteiger partial charge in [0.1, 0.15) is 7.05 Å². The Morgan fingerprint density at radius 3 is 2.42 bits per heavy atom. The summed E-state index contributed by atoms with van der Waals surface area (Å²) in [4.78, 5) is 12.5. The summed E-state index contributed by atoms with van der Waals surface area (Å²) in [6.07, 6.45) is 4.34. The predicted octanol–water partition coefficient (Wildman–Crippen LogP) is 2.67. The normalized spacial score (nSPS) is 10.8. The van der Waals surface area contributed by atoms with Crippen LogP contribution in [0.4, 0.5) is 0 Å². The fraction of sp³-hybridized carbons (Fsp3) is 0.200. The van der Waals surface area contributed by atoms with Gasteiger partial charge in [-0.15, -0.1) is 0 Å². The van der Waals surface area contributed by atoms with Crippen LogP contribution in [-0.4, -0.2) is 11.0 Å². The van der Waals surface area contributed by atoms with Crippen molar-refractivity contribution in [1.82, 2.24) is 4.98 Å². The first-order valence-electron chi connectivity index (χ1n) is 7.86. The van der Waals surface area contributed by atoms with Crippen molar-refractivity contribution in [2.24, 2.45) is 7.05 Å². The Hall–Kier alpha value is -2.88. The number of rotatable bonds is 0. The number of fused-ring (bicyclic) bond motifs is 4. The Balaban J connectivity index is 0.000000383. The number of aromatic nitrogens is 2. The summed E-state index contributed by atoms with van der Waals surface area (Å²) >= 11 is 0. The number of aryl methyl sites for hydroxylation is 3. The predicted molar refractivity (Wildman–Crippen MR) is 94.6 cm³/mol. The molecule has 0 saturated heterocycles. The highest BCUT2D eigenvalue weighted by atomic mass is 16.4. The molecule has 4 rings (SSSR count). The lowest BCUT2D eigenvalue weighted by Crippen LogP contribution is -2.26. The van der Waals surface area contributed by atoms with E-state index in [1.54, 1.807) is 0 Å². The Labute approximate surface area is 140 Å². The van der Waals surface area contributed by atoms with E-state index < -0.39 is 5.97 Å². The number of carbonyl (C=O) groups is 1. The fourth-order valence-electron chi connectivity index (χ4n) is 3.31. The van der Waals surface area contributed by atoms with E-state index in [-0.39, 0.29) is 0 Å². The summed E-state index contributed by atoms with van der Waals surface area (Å²) in [7, 11) is 2.08. The van der Waals surface area contributed by atoms with Crippen LogP contribution in [0.25, 0.3) is 32.6 Å². The molecule has 24 heavy (non-hydrogen) atoms. The monoisotopic (exact) mass is 320 g/mol. The van der Waals surface area contributed by atoms with E-state index in [4.69, 9.17) is 9.90 Å². The second-order valence-electron chi connectivity index (χ2n) is 6.10. The lowest BCUT2D eigenvalue weighted by molar-refractivity contribution is -0.670. The van der Waals surface area contributed by atoms with Crippen LogP contribution in [0.2, 0.25) is 0 Å². The van der Waals surface area contributed by atoms with Gasteiger partial charge in [0.25, 0.3) is 0 Å². The van der Waals surface area contributed by atoms with Crippen LogP contribution < -0.4 is 9.67 Å². The van der Waals surface area contributed by atoms with Crippen molar-refractivity contribution in [3.63, 3.8) is 0 Å². The number of carbonyl (C=O) groups excluding carboxylic acids is 1. The second-order valence-corrected chi connectivity index (χ2v) is 6.10. The molecule has 2 heterocycles. The van der Waals surface area contributed by atoms with E-state index in [1.165, 1.54) is 43.7 Å². The summed E-state index contributed by atoms with van der Waals surface area (Å²) in [6.45, 7) is 5.41. The Morgan fingerprint density at radius 1 is 1.04 bits per heavy atom. The van der Waals surface area contributed by atoms with Gasteiger partial charge in [-0.1, -0.05) is 18.2 Å². The van der Waals surface area contributed by atoms with Crippen LogP contribution >= 0.6 is 0 Å². The van der Waals surface area contributed by atoms with Crippen molar-refractivity contribution in [3.05, 3.63) is 53.9 Å². The molecule has 0 aliphatic heterocycles. The fourth-order valence-corrected chi connectivity index (χ4v) is 3.31. The number of benzene rings is 2. The summed E-state index contributed by atoms with van der Waals surface area (Å²) < 4.78 is 2.12. The van der Waals surface area contributed by atoms with E-state index in [2.05, 4.69) is 73.2 Å². The van der Waals surface area contributed by atoms with Crippen LogP contribution in [0.1, 0.15) is 18.1 Å². The smallest absolute Gasteiger partial charge is 0.176 e. The van der Waals surface area contributed by atoms with Crippen LogP contribution in [0.5, 0.6) is 0 Å². The molecule has 2 aromatic heterocycles. The minimum absolute atomic E-state index is 0.972. The Bertz CT molecular complexity index is 1070. The van der Waals surface area contributed by atoms with Gasteiger partial charge < -0.3 is 14.9 Å². The Morgan fingerprint density at radius 2 is 1.71 bits per heavy atom. The molecule has 0 aliphatic rings. The quantitative estimate of drug-likeness (QED) is 0.506. The molecule has 0 bridgehead atoms. The standard InChI is InChI=1S/C18H16N2.C2H4O2/c1-11-15-10-20(3)9-8-13(15)12(2)18-17(11)14-6-4-5-7-16(14)19-18;1-2(3)4/h4-10H,1-3H3;1H3,(H,3,4). The van der Waals surface area contributed by atoms with Gasteiger partial charge in [-0.2, -0.15) is 0 Å². The van der Waals surface area contributed by atoms with Crippen molar-refractivity contribution < 1.29 is 14.5 Å². The van der Waals surface area contributed by atoms with E-state index in [9.17, 15) is 0 Å². The molecule has 0 unspecified atom stereocenters. The average Bonchev–Trinajstić information content (AvgIpc) is 2.92. The molecule has 0 atom stereocenters. The third-order valence-corrected chi connectivity index (χ3v) is 4.36. The van der Waals surface area contributed by atoms with Crippen LogP contribution in [-0.2, 0) is 11.8 Å². The number of pyridine rings is 1. The van der Waals surface area contributed by atoms with Gasteiger partial charge in [-0.25, -0.2) is 4.57 Å². The van der Waals surface area contributed by atoms with Gasteiger partial charge in [0.2, 0.25) is 0 Å². The molecule has 2 aromatic carbocycles. The van der Waals surface area contributed by atoms with Gasteiger partial charge in [0.05, 0.1) is 5.52 Å². The summed E-state index contributed by atoms with van der Waals surface area (Å²) in [5, 5.41) is 14.2. The molecule has 0 radical (unpaired) electrons. The number of carboxylic acid groups (broad SMARTS) is 1. The van der Waals surface area contributed by atoms with Crippen molar-refractivity contribution in [2.75, 3.05) is 0 Å². The van der Waals surface area contributed by atoms with E-state index in [0.717, 1.165) is 6.92 Å². The molecule has 0 saturated carbocycles. The maximum Gasteiger partial charge on any atom is 0.176 e. The summed E-state index contributed by atoms with van der Waals surface area (Å²) in [6, 6.07) is 10.8. The number of nitrogens with one attached hydrogen (secondary N) is 1. The maximum atomic E-state index is 8.89. The number of nitrogens with zero attached hydrogens (tertiary/aromatic N) is 1. The van der Waals surface area contributed by atoms with Gasteiger partial charge in [0.15, 0.2) is 12.4 Å². The zero-order valence-corrected chi connectivity index (χ0v) is 14.3. The van der Waals surface area contributed by atoms with Gasteiger partial charge in [0, 0.05) is 33.7 Å². The van der Waals surface area contributed by atoms with Gasteiger partial charge in [-0.3, -0.25) is 0 Å². The number of aromatic amines is 1. The van der Waals surface area contributed by atoms with Crippen LogP contribution in [0.15, 0.2) is 42.7 Å². The largest absolute Gasteiger partial charge is 0.550 e. The molecule has 4 heteroatoms. The maximum absolute atomic E-state index is 8.89.